The Hall–Kier alpha value is -5.42. The molecular weight excluding hydrogens is 691 g/mol. The van der Waals surface area contributed by atoms with E-state index < -0.39 is 21.8 Å². The van der Waals surface area contributed by atoms with Crippen LogP contribution in [0.4, 0.5) is 0 Å². The van der Waals surface area contributed by atoms with Crippen molar-refractivity contribution in [3.8, 4) is 22.3 Å². The van der Waals surface area contributed by atoms with E-state index in [0.29, 0.717) is 0 Å². The highest BCUT2D eigenvalue weighted by Gasteiger charge is 2.54. The lowest BCUT2D eigenvalue weighted by molar-refractivity contribution is 1.72. The molecule has 2 aliphatic rings. The molecule has 0 N–H and O–H groups in total. The average Bonchev–Trinajstić information content (AvgIpc) is 3.71. The molecule has 0 radical (unpaired) electrons. The average molecular weight is 729 g/mol. The lowest BCUT2D eigenvalue weighted by atomic mass is 10.1. The fourth-order valence-corrected chi connectivity index (χ4v) is 21.0. The van der Waals surface area contributed by atoms with Crippen LogP contribution in [0.5, 0.6) is 0 Å². The van der Waals surface area contributed by atoms with Crippen LogP contribution in [-0.4, -0.2) is 20.7 Å². The van der Waals surface area contributed by atoms with Crippen LogP contribution in [0.15, 0.2) is 206 Å². The van der Waals surface area contributed by atoms with Crippen molar-refractivity contribution in [1.29, 1.82) is 0 Å². The second-order valence-electron chi connectivity index (χ2n) is 14.3. The Balaban J connectivity index is 1.30. The van der Waals surface area contributed by atoms with Crippen molar-refractivity contribution in [1.82, 2.24) is 0 Å². The van der Waals surface area contributed by atoms with E-state index in [2.05, 4.69) is 206 Å². The summed E-state index contributed by atoms with van der Waals surface area (Å²) in [6, 6.07) is 77.3. The summed E-state index contributed by atoms with van der Waals surface area (Å²) in [5, 5.41) is 13.7. The van der Waals surface area contributed by atoms with Gasteiger partial charge in [0.15, 0.2) is 8.07 Å². The van der Waals surface area contributed by atoms with Crippen molar-refractivity contribution in [2.45, 2.75) is 0 Å². The lowest BCUT2D eigenvalue weighted by Crippen LogP contribution is -2.71. The Morgan fingerprint density at radius 3 is 0.887 bits per heavy atom. The molecule has 1 spiro atoms. The van der Waals surface area contributed by atoms with E-state index in [4.69, 9.17) is 12.6 Å². The number of hydrogen-bond acceptors (Lipinski definition) is 0. The number of hydrogen-bond donors (Lipinski definition) is 0. The first kappa shape index (κ1) is 32.2. The maximum Gasteiger partial charge on any atom is 0.182 e. The van der Waals surface area contributed by atoms with Crippen LogP contribution in [0.2, 0.25) is 0 Å². The van der Waals surface area contributed by atoms with Gasteiger partial charge in [-0.15, -0.1) is 0 Å². The van der Waals surface area contributed by atoms with Crippen LogP contribution >= 0.6 is 13.8 Å². The van der Waals surface area contributed by atoms with E-state index in [-0.39, 0.29) is 0 Å². The summed E-state index contributed by atoms with van der Waals surface area (Å²) in [5.74, 6) is 0. The standard InChI is InChI=1S/C50H38P2Si/c1-51(37-19-7-3-8-20-37,38-21-9-4-10-22-38)41-31-33-45-43-27-15-17-29-47(43)53(49(45)35-41)48-30-18-16-28-44(48)46-34-32-42(36-50(46)53)52(2,39-23-11-5-12-24-39)40-25-13-6-14-26-40/h3-36H,1-2H2. The molecule has 0 fully saturated rings. The number of benzene rings is 8. The quantitative estimate of drug-likeness (QED) is 0.136. The zero-order chi connectivity index (χ0) is 35.6. The molecule has 0 atom stereocenters. The van der Waals surface area contributed by atoms with Crippen LogP contribution in [0.25, 0.3) is 22.3 Å². The molecule has 2 heterocycles. The Morgan fingerprint density at radius 1 is 0.264 bits per heavy atom. The van der Waals surface area contributed by atoms with E-state index in [0.717, 1.165) is 0 Å². The zero-order valence-corrected chi connectivity index (χ0v) is 32.2. The van der Waals surface area contributed by atoms with Gasteiger partial charge in [-0.3, -0.25) is 0 Å². The minimum absolute atomic E-state index is 1.30. The minimum Gasteiger partial charge on any atom is -0.0887 e. The fraction of sp³-hybridized carbons (Fsp3) is 0. The molecule has 0 nitrogen and oxygen atoms in total. The Kier molecular flexibility index (Phi) is 7.50. The third-order valence-corrected chi connectivity index (χ3v) is 23.7. The molecule has 0 bridgehead atoms. The van der Waals surface area contributed by atoms with E-state index in [1.807, 2.05) is 0 Å². The van der Waals surface area contributed by atoms with E-state index in [1.54, 1.807) is 0 Å². The molecule has 0 aromatic heterocycles. The second kappa shape index (κ2) is 12.3. The van der Waals surface area contributed by atoms with Gasteiger partial charge >= 0.3 is 0 Å². The molecule has 10 rings (SSSR count). The van der Waals surface area contributed by atoms with Gasteiger partial charge in [-0.05, 0) is 88.6 Å². The van der Waals surface area contributed by atoms with Crippen molar-refractivity contribution < 1.29 is 0 Å². The highest BCUT2D eigenvalue weighted by molar-refractivity contribution is 7.94. The molecule has 8 aromatic rings. The first-order valence-corrected chi connectivity index (χ1v) is 24.2. The predicted octanol–water partition coefficient (Wildman–Crippen LogP) is 6.48. The Bertz CT molecular complexity index is 2490. The maximum atomic E-state index is 5.19. The summed E-state index contributed by atoms with van der Waals surface area (Å²) in [7, 11) is -2.80. The van der Waals surface area contributed by atoms with Crippen LogP contribution in [0.1, 0.15) is 0 Å². The third-order valence-electron chi connectivity index (χ3n) is 11.7. The highest BCUT2D eigenvalue weighted by Crippen LogP contribution is 2.45. The molecule has 0 saturated carbocycles. The van der Waals surface area contributed by atoms with Gasteiger partial charge in [-0.25, -0.2) is 0 Å². The summed E-state index contributed by atoms with van der Waals surface area (Å²) >= 11 is 0. The summed E-state index contributed by atoms with van der Waals surface area (Å²) < 4.78 is 0. The van der Waals surface area contributed by atoms with Gasteiger partial charge in [0.25, 0.3) is 0 Å². The molecule has 0 aliphatic carbocycles. The fourth-order valence-electron chi connectivity index (χ4n) is 9.21. The Morgan fingerprint density at radius 2 is 0.547 bits per heavy atom. The lowest BCUT2D eigenvalue weighted by Gasteiger charge is -2.32. The minimum atomic E-state index is -2.80. The zero-order valence-electron chi connectivity index (χ0n) is 29.4. The Labute approximate surface area is 314 Å². The predicted molar refractivity (Wildman–Crippen MR) is 240 cm³/mol. The second-order valence-corrected chi connectivity index (χ2v) is 24.3. The number of fused-ring (bicyclic) bond motifs is 10. The molecule has 8 aromatic carbocycles. The van der Waals surface area contributed by atoms with E-state index in [1.165, 1.54) is 74.8 Å². The van der Waals surface area contributed by atoms with Gasteiger partial charge in [0, 0.05) is 0 Å². The molecule has 3 heteroatoms. The summed E-state index contributed by atoms with van der Waals surface area (Å²) in [6.45, 7) is -4.46. The largest absolute Gasteiger partial charge is 0.182 e. The third kappa shape index (κ3) is 4.55. The van der Waals surface area contributed by atoms with Gasteiger partial charge in [0.1, 0.15) is 0 Å². The molecule has 2 aliphatic heterocycles. The van der Waals surface area contributed by atoms with Crippen molar-refractivity contribution in [2.24, 2.45) is 0 Å². The first-order valence-electron chi connectivity index (χ1n) is 18.2. The van der Waals surface area contributed by atoms with Gasteiger partial charge in [0.2, 0.25) is 0 Å². The molecule has 53 heavy (non-hydrogen) atoms. The first-order chi connectivity index (χ1) is 26.1. The number of rotatable bonds is 6. The maximum absolute atomic E-state index is 5.19. The molecule has 0 saturated heterocycles. The summed E-state index contributed by atoms with van der Waals surface area (Å²) in [5.41, 5.74) is 5.45. The van der Waals surface area contributed by atoms with Gasteiger partial charge in [0.05, 0.1) is 0 Å². The molecule has 252 valence electrons. The van der Waals surface area contributed by atoms with E-state index in [9.17, 15) is 0 Å². The van der Waals surface area contributed by atoms with Crippen LogP contribution in [-0.2, 0) is 0 Å². The summed E-state index contributed by atoms with van der Waals surface area (Å²) in [4.78, 5) is 0. The smallest absolute Gasteiger partial charge is 0.0887 e. The normalized spacial score (nSPS) is 13.6. The SMILES string of the molecule is C=P(c1ccccc1)(c1ccccc1)c1ccc2c(c1)[Si]1(c3ccccc3-2)c2ccccc2-c2ccc(P(=C)(c3ccccc3)c3ccccc3)cc21. The van der Waals surface area contributed by atoms with Crippen LogP contribution < -0.4 is 52.6 Å². The van der Waals surface area contributed by atoms with Crippen LogP contribution in [0, 0.1) is 0 Å². The van der Waals surface area contributed by atoms with Crippen molar-refractivity contribution in [2.75, 3.05) is 0 Å². The van der Waals surface area contributed by atoms with Crippen LogP contribution in [0.3, 0.4) is 0 Å². The van der Waals surface area contributed by atoms with Gasteiger partial charge in [-0.1, -0.05) is 219 Å². The topological polar surface area (TPSA) is 0 Å². The van der Waals surface area contributed by atoms with Gasteiger partial charge < -0.3 is 0 Å². The highest BCUT2D eigenvalue weighted by atomic mass is 31.2. The van der Waals surface area contributed by atoms with Crippen molar-refractivity contribution >= 4 is 87.0 Å². The monoisotopic (exact) mass is 728 g/mol. The molecule has 0 unspecified atom stereocenters. The van der Waals surface area contributed by atoms with Gasteiger partial charge in [-0.2, -0.15) is 0 Å². The molecule has 0 amide bonds. The van der Waals surface area contributed by atoms with E-state index >= 15 is 0 Å². The molecular formula is C50H38P2Si. The van der Waals surface area contributed by atoms with Crippen molar-refractivity contribution in [3.63, 3.8) is 0 Å². The van der Waals surface area contributed by atoms with Crippen molar-refractivity contribution in [3.05, 3.63) is 206 Å². The summed E-state index contributed by atoms with van der Waals surface area (Å²) in [6.07, 6.45) is 10.4.